The predicted molar refractivity (Wildman–Crippen MR) is 82.1 cm³/mol. The molecule has 0 aliphatic carbocycles. The largest absolute Gasteiger partial charge is 0.387 e. The summed E-state index contributed by atoms with van der Waals surface area (Å²) in [6, 6.07) is 18.1. The number of nitrogens with two attached hydrogens (primary N) is 1. The molecular weight excluding hydrogens is 248 g/mol. The zero-order valence-corrected chi connectivity index (χ0v) is 11.9. The lowest BCUT2D eigenvalue weighted by Gasteiger charge is -2.21. The van der Waals surface area contributed by atoms with Crippen LogP contribution in [-0.4, -0.2) is 23.6 Å². The van der Waals surface area contributed by atoms with Gasteiger partial charge in [-0.1, -0.05) is 54.6 Å². The lowest BCUT2D eigenvalue weighted by atomic mass is 10.1. The summed E-state index contributed by atoms with van der Waals surface area (Å²) in [4.78, 5) is 2.12. The van der Waals surface area contributed by atoms with Crippen LogP contribution in [0.15, 0.2) is 54.6 Å². The van der Waals surface area contributed by atoms with E-state index in [0.717, 1.165) is 17.7 Å². The third kappa shape index (κ3) is 4.17. The van der Waals surface area contributed by atoms with E-state index in [4.69, 9.17) is 5.73 Å². The number of hydrogen-bond acceptors (Lipinski definition) is 3. The number of aliphatic hydroxyl groups is 1. The van der Waals surface area contributed by atoms with Crippen LogP contribution in [0.4, 0.5) is 0 Å². The molecule has 2 rings (SSSR count). The van der Waals surface area contributed by atoms with E-state index in [9.17, 15) is 5.11 Å². The second kappa shape index (κ2) is 7.20. The zero-order valence-electron chi connectivity index (χ0n) is 11.9. The second-order valence-electron chi connectivity index (χ2n) is 5.15. The molecule has 2 aromatic carbocycles. The van der Waals surface area contributed by atoms with Crippen LogP contribution in [0.1, 0.15) is 22.8 Å². The smallest absolute Gasteiger partial charge is 0.0917 e. The number of likely N-dealkylation sites (N-methyl/N-ethyl adjacent to an activating group) is 1. The molecule has 0 fully saturated rings. The van der Waals surface area contributed by atoms with Crippen molar-refractivity contribution in [3.05, 3.63) is 71.3 Å². The fourth-order valence-electron chi connectivity index (χ4n) is 2.29. The summed E-state index contributed by atoms with van der Waals surface area (Å²) in [5, 5.41) is 10.3. The Morgan fingerprint density at radius 1 is 1.05 bits per heavy atom. The summed E-state index contributed by atoms with van der Waals surface area (Å²) >= 11 is 0. The summed E-state index contributed by atoms with van der Waals surface area (Å²) < 4.78 is 0. The standard InChI is InChI=1S/C17H22N2O/c1-19(12-14-6-3-2-4-7-14)13-17(20)16-9-5-8-15(10-16)11-18/h2-10,17,20H,11-13,18H2,1H3. The quantitative estimate of drug-likeness (QED) is 0.847. The molecule has 0 radical (unpaired) electrons. The van der Waals surface area contributed by atoms with E-state index in [1.807, 2.05) is 49.5 Å². The monoisotopic (exact) mass is 270 g/mol. The zero-order chi connectivity index (χ0) is 14.4. The molecule has 3 N–H and O–H groups in total. The number of hydrogen-bond donors (Lipinski definition) is 2. The van der Waals surface area contributed by atoms with Gasteiger partial charge < -0.3 is 10.8 Å². The van der Waals surface area contributed by atoms with Gasteiger partial charge in [0.2, 0.25) is 0 Å². The molecule has 0 amide bonds. The Hall–Kier alpha value is -1.68. The Morgan fingerprint density at radius 2 is 1.75 bits per heavy atom. The van der Waals surface area contributed by atoms with Gasteiger partial charge in [0.25, 0.3) is 0 Å². The van der Waals surface area contributed by atoms with E-state index in [-0.39, 0.29) is 0 Å². The highest BCUT2D eigenvalue weighted by Gasteiger charge is 2.11. The van der Waals surface area contributed by atoms with E-state index in [1.54, 1.807) is 0 Å². The van der Waals surface area contributed by atoms with Crippen molar-refractivity contribution in [3.63, 3.8) is 0 Å². The predicted octanol–water partition coefficient (Wildman–Crippen LogP) is 2.31. The van der Waals surface area contributed by atoms with Crippen LogP contribution in [0, 0.1) is 0 Å². The molecule has 106 valence electrons. The van der Waals surface area contributed by atoms with Crippen molar-refractivity contribution in [3.8, 4) is 0 Å². The molecule has 0 aliphatic heterocycles. The Labute approximate surface area is 120 Å². The van der Waals surface area contributed by atoms with Crippen LogP contribution in [-0.2, 0) is 13.1 Å². The van der Waals surface area contributed by atoms with Crippen molar-refractivity contribution in [2.45, 2.75) is 19.2 Å². The van der Waals surface area contributed by atoms with Crippen LogP contribution < -0.4 is 5.73 Å². The first kappa shape index (κ1) is 14.7. The molecule has 0 aliphatic rings. The van der Waals surface area contributed by atoms with Crippen LogP contribution in [0.5, 0.6) is 0 Å². The van der Waals surface area contributed by atoms with Gasteiger partial charge in [0.1, 0.15) is 0 Å². The third-order valence-electron chi connectivity index (χ3n) is 3.35. The minimum Gasteiger partial charge on any atom is -0.387 e. The molecule has 0 heterocycles. The first-order valence-electron chi connectivity index (χ1n) is 6.88. The normalized spacial score (nSPS) is 12.6. The molecule has 0 spiro atoms. The molecule has 3 heteroatoms. The summed E-state index contributed by atoms with van der Waals surface area (Å²) in [6.07, 6.45) is -0.491. The molecule has 0 saturated carbocycles. The lowest BCUT2D eigenvalue weighted by molar-refractivity contribution is 0.124. The van der Waals surface area contributed by atoms with Gasteiger partial charge >= 0.3 is 0 Å². The SMILES string of the molecule is CN(Cc1ccccc1)CC(O)c1cccc(CN)c1. The van der Waals surface area contributed by atoms with Crippen LogP contribution in [0.2, 0.25) is 0 Å². The summed E-state index contributed by atoms with van der Waals surface area (Å²) in [5.74, 6) is 0. The molecule has 1 unspecified atom stereocenters. The summed E-state index contributed by atoms with van der Waals surface area (Å²) in [7, 11) is 2.02. The minimum atomic E-state index is -0.491. The van der Waals surface area contributed by atoms with Crippen molar-refractivity contribution in [1.29, 1.82) is 0 Å². The maximum atomic E-state index is 10.3. The van der Waals surface area contributed by atoms with Crippen molar-refractivity contribution < 1.29 is 5.11 Å². The van der Waals surface area contributed by atoms with Crippen LogP contribution in [0.3, 0.4) is 0 Å². The molecule has 0 saturated heterocycles. The van der Waals surface area contributed by atoms with Gasteiger partial charge in [-0.15, -0.1) is 0 Å². The Balaban J connectivity index is 1.94. The van der Waals surface area contributed by atoms with Gasteiger partial charge in [-0.2, -0.15) is 0 Å². The number of benzene rings is 2. The van der Waals surface area contributed by atoms with Crippen LogP contribution >= 0.6 is 0 Å². The Bertz CT molecular complexity index is 528. The molecular formula is C17H22N2O. The Morgan fingerprint density at radius 3 is 2.45 bits per heavy atom. The third-order valence-corrected chi connectivity index (χ3v) is 3.35. The Kier molecular flexibility index (Phi) is 5.30. The van der Waals surface area contributed by atoms with Crippen LogP contribution in [0.25, 0.3) is 0 Å². The highest BCUT2D eigenvalue weighted by molar-refractivity contribution is 5.25. The average molecular weight is 270 g/mol. The van der Waals surface area contributed by atoms with E-state index < -0.39 is 6.10 Å². The molecule has 1 atom stereocenters. The van der Waals surface area contributed by atoms with Crippen molar-refractivity contribution in [1.82, 2.24) is 4.90 Å². The molecule has 2 aromatic rings. The molecule has 0 aromatic heterocycles. The number of aliphatic hydroxyl groups excluding tert-OH is 1. The number of nitrogens with zero attached hydrogens (tertiary/aromatic N) is 1. The summed E-state index contributed by atoms with van der Waals surface area (Å²) in [6.45, 7) is 1.93. The first-order valence-corrected chi connectivity index (χ1v) is 6.88. The van der Waals surface area contributed by atoms with E-state index >= 15 is 0 Å². The minimum absolute atomic E-state index is 0.491. The van der Waals surface area contributed by atoms with Crippen molar-refractivity contribution in [2.75, 3.05) is 13.6 Å². The maximum absolute atomic E-state index is 10.3. The van der Waals surface area contributed by atoms with Gasteiger partial charge in [-0.05, 0) is 23.7 Å². The fraction of sp³-hybridized carbons (Fsp3) is 0.294. The molecule has 3 nitrogen and oxygen atoms in total. The topological polar surface area (TPSA) is 49.5 Å². The van der Waals surface area contributed by atoms with Gasteiger partial charge in [-0.25, -0.2) is 0 Å². The second-order valence-corrected chi connectivity index (χ2v) is 5.15. The number of rotatable bonds is 6. The van der Waals surface area contributed by atoms with Gasteiger partial charge in [0.15, 0.2) is 0 Å². The average Bonchev–Trinajstić information content (AvgIpc) is 2.48. The van der Waals surface area contributed by atoms with Gasteiger partial charge in [0, 0.05) is 19.6 Å². The maximum Gasteiger partial charge on any atom is 0.0917 e. The van der Waals surface area contributed by atoms with Gasteiger partial charge in [0.05, 0.1) is 6.10 Å². The molecule has 0 bridgehead atoms. The molecule has 20 heavy (non-hydrogen) atoms. The van der Waals surface area contributed by atoms with E-state index in [1.165, 1.54) is 5.56 Å². The first-order chi connectivity index (χ1) is 9.69. The van der Waals surface area contributed by atoms with Crippen molar-refractivity contribution >= 4 is 0 Å². The lowest BCUT2D eigenvalue weighted by Crippen LogP contribution is -2.24. The van der Waals surface area contributed by atoms with Gasteiger partial charge in [-0.3, -0.25) is 4.90 Å². The van der Waals surface area contributed by atoms with E-state index in [2.05, 4.69) is 17.0 Å². The summed E-state index contributed by atoms with van der Waals surface area (Å²) in [5.41, 5.74) is 8.85. The van der Waals surface area contributed by atoms with E-state index in [0.29, 0.717) is 13.1 Å². The van der Waals surface area contributed by atoms with Crippen molar-refractivity contribution in [2.24, 2.45) is 5.73 Å². The fourth-order valence-corrected chi connectivity index (χ4v) is 2.29. The highest BCUT2D eigenvalue weighted by Crippen LogP contribution is 2.16. The highest BCUT2D eigenvalue weighted by atomic mass is 16.3.